The average Bonchev–Trinajstić information content (AvgIpc) is 2.41. The lowest BCUT2D eigenvalue weighted by molar-refractivity contribution is 0.252. The van der Waals surface area contributed by atoms with Crippen molar-refractivity contribution >= 4 is 0 Å². The van der Waals surface area contributed by atoms with Crippen LogP contribution < -0.4 is 5.32 Å². The van der Waals surface area contributed by atoms with E-state index >= 15 is 0 Å². The van der Waals surface area contributed by atoms with Crippen LogP contribution in [0.5, 0.6) is 0 Å². The van der Waals surface area contributed by atoms with Gasteiger partial charge in [0.2, 0.25) is 0 Å². The van der Waals surface area contributed by atoms with Gasteiger partial charge < -0.3 is 10.4 Å². The van der Waals surface area contributed by atoms with Crippen molar-refractivity contribution in [3.63, 3.8) is 0 Å². The second-order valence-corrected chi connectivity index (χ2v) is 4.52. The highest BCUT2D eigenvalue weighted by Crippen LogP contribution is 2.18. The maximum Gasteiger partial charge on any atom is 0.0745 e. The number of nitrogens with one attached hydrogen (secondary N) is 1. The molecule has 0 heterocycles. The monoisotopic (exact) mass is 257 g/mol. The van der Waals surface area contributed by atoms with Crippen LogP contribution in [0.2, 0.25) is 0 Å². The molecule has 0 aliphatic rings. The molecule has 2 heteroatoms. The highest BCUT2D eigenvalue weighted by molar-refractivity contribution is 5.37. The Morgan fingerprint density at radius 3 is 2.68 bits per heavy atom. The zero-order valence-electron chi connectivity index (χ0n) is 12.0. The van der Waals surface area contributed by atoms with E-state index in [1.54, 1.807) is 0 Å². The van der Waals surface area contributed by atoms with Gasteiger partial charge in [-0.2, -0.15) is 0 Å². The average molecular weight is 257 g/mol. The number of aryl methyl sites for hydroxylation is 1. The Bertz CT molecular complexity index is 486. The Morgan fingerprint density at radius 1 is 1.42 bits per heavy atom. The van der Waals surface area contributed by atoms with Gasteiger partial charge in [-0.05, 0) is 31.9 Å². The molecule has 19 heavy (non-hydrogen) atoms. The number of benzene rings is 1. The Hall–Kier alpha value is -1.80. The third-order valence-electron chi connectivity index (χ3n) is 2.98. The second kappa shape index (κ2) is 7.59. The summed E-state index contributed by atoms with van der Waals surface area (Å²) in [6, 6.07) is 8.00. The van der Waals surface area contributed by atoms with Crippen LogP contribution in [0.25, 0.3) is 0 Å². The molecule has 0 radical (unpaired) electrons. The summed E-state index contributed by atoms with van der Waals surface area (Å²) in [4.78, 5) is 0. The molecule has 0 bridgehead atoms. The van der Waals surface area contributed by atoms with Crippen molar-refractivity contribution in [1.82, 2.24) is 5.32 Å². The molecule has 102 valence electrons. The lowest BCUT2D eigenvalue weighted by Gasteiger charge is -2.20. The molecule has 1 rings (SSSR count). The molecule has 0 saturated heterocycles. The predicted octanol–water partition coefficient (Wildman–Crippen LogP) is 3.65. The second-order valence-electron chi connectivity index (χ2n) is 4.52. The van der Waals surface area contributed by atoms with E-state index in [1.165, 1.54) is 5.56 Å². The molecule has 1 aromatic carbocycles. The standard InChI is InChI=1S/C17H23NO/c1-5-8-15(6-2)14(4)18-17(12-19)16-10-7-9-13(3)11-16/h5-11,17-19H,4,12H2,1-3H3/b8-5-,15-6+/t17-/m1/s1. The first-order valence-corrected chi connectivity index (χ1v) is 6.54. The molecule has 0 aliphatic carbocycles. The van der Waals surface area contributed by atoms with Crippen LogP contribution in [-0.4, -0.2) is 11.7 Å². The van der Waals surface area contributed by atoms with Crippen molar-refractivity contribution in [1.29, 1.82) is 0 Å². The SMILES string of the molecule is C=C(N[C@H](CO)c1cccc(C)c1)C(/C=C\C)=C/C. The van der Waals surface area contributed by atoms with E-state index in [4.69, 9.17) is 0 Å². The zero-order valence-corrected chi connectivity index (χ0v) is 12.0. The minimum Gasteiger partial charge on any atom is -0.394 e. The summed E-state index contributed by atoms with van der Waals surface area (Å²) in [5.74, 6) is 0. The number of rotatable bonds is 6. The smallest absolute Gasteiger partial charge is 0.0745 e. The topological polar surface area (TPSA) is 32.3 Å². The molecule has 1 atom stereocenters. The molecular formula is C17H23NO. The number of hydrogen-bond acceptors (Lipinski definition) is 2. The fraction of sp³-hybridized carbons (Fsp3) is 0.294. The lowest BCUT2D eigenvalue weighted by atomic mass is 10.0. The highest BCUT2D eigenvalue weighted by Gasteiger charge is 2.11. The molecule has 0 unspecified atom stereocenters. The first-order valence-electron chi connectivity index (χ1n) is 6.54. The van der Waals surface area contributed by atoms with E-state index in [1.807, 2.05) is 57.2 Å². The van der Waals surface area contributed by atoms with Gasteiger partial charge in [0.05, 0.1) is 12.6 Å². The molecular weight excluding hydrogens is 234 g/mol. The van der Waals surface area contributed by atoms with E-state index in [2.05, 4.69) is 18.0 Å². The summed E-state index contributed by atoms with van der Waals surface area (Å²) >= 11 is 0. The van der Waals surface area contributed by atoms with Gasteiger partial charge in [-0.1, -0.05) is 54.6 Å². The number of aliphatic hydroxyl groups is 1. The summed E-state index contributed by atoms with van der Waals surface area (Å²) < 4.78 is 0. The van der Waals surface area contributed by atoms with E-state index in [0.717, 1.165) is 16.8 Å². The predicted molar refractivity (Wildman–Crippen MR) is 81.9 cm³/mol. The Labute approximate surface area is 116 Å². The fourth-order valence-corrected chi connectivity index (χ4v) is 1.97. The zero-order chi connectivity index (χ0) is 14.3. The highest BCUT2D eigenvalue weighted by atomic mass is 16.3. The van der Waals surface area contributed by atoms with Crippen LogP contribution >= 0.6 is 0 Å². The first kappa shape index (κ1) is 15.3. The van der Waals surface area contributed by atoms with E-state index in [-0.39, 0.29) is 12.6 Å². The molecule has 0 fully saturated rings. The molecule has 0 aliphatic heterocycles. The lowest BCUT2D eigenvalue weighted by Crippen LogP contribution is -2.24. The number of aliphatic hydroxyl groups excluding tert-OH is 1. The fourth-order valence-electron chi connectivity index (χ4n) is 1.97. The molecule has 2 nitrogen and oxygen atoms in total. The quantitative estimate of drug-likeness (QED) is 0.762. The van der Waals surface area contributed by atoms with Crippen molar-refractivity contribution in [2.75, 3.05) is 6.61 Å². The number of allylic oxidation sites excluding steroid dienone is 3. The van der Waals surface area contributed by atoms with E-state index < -0.39 is 0 Å². The van der Waals surface area contributed by atoms with Crippen molar-refractivity contribution in [2.24, 2.45) is 0 Å². The van der Waals surface area contributed by atoms with Crippen molar-refractivity contribution in [3.05, 3.63) is 71.5 Å². The molecule has 0 aromatic heterocycles. The van der Waals surface area contributed by atoms with Crippen molar-refractivity contribution in [3.8, 4) is 0 Å². The van der Waals surface area contributed by atoms with E-state index in [9.17, 15) is 5.11 Å². The van der Waals surface area contributed by atoms with Gasteiger partial charge in [-0.3, -0.25) is 0 Å². The Morgan fingerprint density at radius 2 is 2.16 bits per heavy atom. The van der Waals surface area contributed by atoms with Crippen LogP contribution in [-0.2, 0) is 0 Å². The van der Waals surface area contributed by atoms with Gasteiger partial charge >= 0.3 is 0 Å². The summed E-state index contributed by atoms with van der Waals surface area (Å²) in [6.07, 6.45) is 5.98. The van der Waals surface area contributed by atoms with Crippen LogP contribution in [0, 0.1) is 6.92 Å². The minimum absolute atomic E-state index is 0.0370. The van der Waals surface area contributed by atoms with Crippen LogP contribution in [0.15, 0.2) is 60.3 Å². The summed E-state index contributed by atoms with van der Waals surface area (Å²) in [7, 11) is 0. The largest absolute Gasteiger partial charge is 0.394 e. The van der Waals surface area contributed by atoms with Crippen molar-refractivity contribution < 1.29 is 5.11 Å². The molecule has 2 N–H and O–H groups in total. The maximum absolute atomic E-state index is 9.56. The summed E-state index contributed by atoms with van der Waals surface area (Å²) in [6.45, 7) is 10.1. The Kier molecular flexibility index (Phi) is 6.10. The summed E-state index contributed by atoms with van der Waals surface area (Å²) in [5.41, 5.74) is 4.11. The normalized spacial score (nSPS) is 13.6. The van der Waals surface area contributed by atoms with Crippen LogP contribution in [0.3, 0.4) is 0 Å². The maximum atomic E-state index is 9.56. The van der Waals surface area contributed by atoms with Gasteiger partial charge in [-0.25, -0.2) is 0 Å². The molecule has 1 aromatic rings. The molecule has 0 spiro atoms. The van der Waals surface area contributed by atoms with Crippen LogP contribution in [0.1, 0.15) is 31.0 Å². The first-order chi connectivity index (χ1) is 9.12. The molecule has 0 amide bonds. The molecule has 0 saturated carbocycles. The van der Waals surface area contributed by atoms with Gasteiger partial charge in [0.15, 0.2) is 0 Å². The van der Waals surface area contributed by atoms with Gasteiger partial charge in [0.1, 0.15) is 0 Å². The minimum atomic E-state index is -0.132. The Balaban J connectivity index is 2.86. The van der Waals surface area contributed by atoms with Crippen LogP contribution in [0.4, 0.5) is 0 Å². The van der Waals surface area contributed by atoms with Gasteiger partial charge in [-0.15, -0.1) is 0 Å². The summed E-state index contributed by atoms with van der Waals surface area (Å²) in [5, 5.41) is 12.8. The van der Waals surface area contributed by atoms with Crippen molar-refractivity contribution in [2.45, 2.75) is 26.8 Å². The van der Waals surface area contributed by atoms with Gasteiger partial charge in [0, 0.05) is 5.70 Å². The third kappa shape index (κ3) is 4.42. The number of hydrogen-bond donors (Lipinski definition) is 2. The van der Waals surface area contributed by atoms with Gasteiger partial charge in [0.25, 0.3) is 0 Å². The third-order valence-corrected chi connectivity index (χ3v) is 2.98. The van der Waals surface area contributed by atoms with E-state index in [0.29, 0.717) is 0 Å².